The monoisotopic (exact) mass is 584 g/mol. The zero-order valence-corrected chi connectivity index (χ0v) is 23.8. The van der Waals surface area contributed by atoms with Crippen LogP contribution in [-0.4, -0.2) is 58.8 Å². The van der Waals surface area contributed by atoms with Crippen molar-refractivity contribution in [1.29, 1.82) is 0 Å². The Morgan fingerprint density at radius 1 is 1.14 bits per heavy atom. The Balaban J connectivity index is 1.33. The van der Waals surface area contributed by atoms with Crippen molar-refractivity contribution in [2.45, 2.75) is 64.0 Å². The summed E-state index contributed by atoms with van der Waals surface area (Å²) in [5, 5.41) is 15.9. The zero-order chi connectivity index (χ0) is 29.6. The summed E-state index contributed by atoms with van der Waals surface area (Å²) < 4.78 is 53.1. The van der Waals surface area contributed by atoms with Crippen molar-refractivity contribution in [2.75, 3.05) is 38.2 Å². The van der Waals surface area contributed by atoms with Crippen LogP contribution in [0.1, 0.15) is 73.2 Å². The Bertz CT molecular complexity index is 1500. The Labute approximate surface area is 242 Å². The molecule has 1 aliphatic carbocycles. The Hall–Kier alpha value is -3.44. The second-order valence-corrected chi connectivity index (χ2v) is 11.5. The maximum atomic E-state index is 15.0. The number of carbonyl (C=O) groups excluding carboxylic acids is 1. The highest BCUT2D eigenvalue weighted by molar-refractivity contribution is 5.94. The predicted octanol–water partition coefficient (Wildman–Crippen LogP) is 5.36. The summed E-state index contributed by atoms with van der Waals surface area (Å²) in [6, 6.07) is 5.13. The average molecular weight is 585 g/mol. The smallest absolute Gasteiger partial charge is 0.266 e. The minimum absolute atomic E-state index is 0.101. The van der Waals surface area contributed by atoms with Crippen LogP contribution in [0.25, 0.3) is 10.9 Å². The lowest BCUT2D eigenvalue weighted by atomic mass is 9.74. The maximum absolute atomic E-state index is 15.0. The molecule has 1 amide bonds. The third-order valence-corrected chi connectivity index (χ3v) is 8.85. The molecule has 11 heteroatoms. The number of aliphatic hydroxyl groups is 1. The van der Waals surface area contributed by atoms with Crippen molar-refractivity contribution in [1.82, 2.24) is 14.9 Å². The number of alkyl halides is 2. The minimum Gasteiger partial charge on any atom is -0.492 e. The van der Waals surface area contributed by atoms with Crippen LogP contribution in [0, 0.1) is 18.7 Å². The van der Waals surface area contributed by atoms with Crippen LogP contribution in [0.2, 0.25) is 0 Å². The Kier molecular flexibility index (Phi) is 7.74. The van der Waals surface area contributed by atoms with Gasteiger partial charge in [-0.2, -0.15) is 0 Å². The van der Waals surface area contributed by atoms with Crippen LogP contribution in [0.4, 0.5) is 19.0 Å². The summed E-state index contributed by atoms with van der Waals surface area (Å²) in [6.45, 7) is 6.17. The maximum Gasteiger partial charge on any atom is 0.266 e. The average Bonchev–Trinajstić information content (AvgIpc) is 3.47. The molecule has 1 saturated heterocycles. The van der Waals surface area contributed by atoms with Gasteiger partial charge in [0.25, 0.3) is 6.43 Å². The Morgan fingerprint density at radius 3 is 2.57 bits per heavy atom. The number of ether oxygens (including phenoxy) is 2. The molecule has 1 aromatic heterocycles. The van der Waals surface area contributed by atoms with E-state index in [4.69, 9.17) is 14.5 Å². The van der Waals surface area contributed by atoms with Crippen molar-refractivity contribution in [3.63, 3.8) is 0 Å². The fourth-order valence-corrected chi connectivity index (χ4v) is 6.54. The van der Waals surface area contributed by atoms with Gasteiger partial charge in [-0.25, -0.2) is 23.1 Å². The quantitative estimate of drug-likeness (QED) is 0.403. The number of rotatable bonds is 6. The number of aryl methyl sites for hydroxylation is 1. The number of hydrogen-bond acceptors (Lipinski definition) is 7. The predicted molar refractivity (Wildman–Crippen MR) is 150 cm³/mol. The van der Waals surface area contributed by atoms with E-state index in [1.807, 2.05) is 11.0 Å². The van der Waals surface area contributed by atoms with Gasteiger partial charge in [0, 0.05) is 47.5 Å². The fourth-order valence-electron chi connectivity index (χ4n) is 6.54. The molecule has 0 bridgehead atoms. The zero-order valence-electron chi connectivity index (χ0n) is 23.8. The first-order chi connectivity index (χ1) is 20.2. The standard InChI is InChI=1S/C31H35F3N4O4/c1-17(20-4-3-5-21(25(20)32)28(33)34)35-29-23-16-24(27-22(8-13-42-27)26(23)36-18(2)37-29)31(40)9-6-19(7-10-31)30(39)38-11-14-41-15-12-38/h3-5,16-17,19,28,40H,6-15H2,1-2H3,(H,35,36,37)/t17-,19-,31-/m1/s1. The van der Waals surface area contributed by atoms with E-state index in [1.54, 1.807) is 13.8 Å². The lowest BCUT2D eigenvalue weighted by Crippen LogP contribution is -2.45. The molecule has 0 spiro atoms. The summed E-state index contributed by atoms with van der Waals surface area (Å²) >= 11 is 0. The minimum atomic E-state index is -2.93. The van der Waals surface area contributed by atoms with Crippen LogP contribution < -0.4 is 10.1 Å². The number of amides is 1. The van der Waals surface area contributed by atoms with Crippen molar-refractivity contribution in [2.24, 2.45) is 5.92 Å². The van der Waals surface area contributed by atoms with E-state index in [2.05, 4.69) is 10.3 Å². The molecular weight excluding hydrogens is 549 g/mol. The van der Waals surface area contributed by atoms with E-state index in [-0.39, 0.29) is 17.4 Å². The number of nitrogens with one attached hydrogen (secondary N) is 1. The number of morpholine rings is 1. The van der Waals surface area contributed by atoms with E-state index in [0.717, 1.165) is 11.6 Å². The van der Waals surface area contributed by atoms with Gasteiger partial charge < -0.3 is 24.8 Å². The van der Waals surface area contributed by atoms with E-state index < -0.39 is 29.4 Å². The summed E-state index contributed by atoms with van der Waals surface area (Å²) in [5.41, 5.74) is 0.421. The third kappa shape index (κ3) is 5.17. The van der Waals surface area contributed by atoms with Crippen LogP contribution in [0.5, 0.6) is 5.75 Å². The van der Waals surface area contributed by atoms with Gasteiger partial charge in [0.05, 0.1) is 42.5 Å². The molecule has 0 unspecified atom stereocenters. The van der Waals surface area contributed by atoms with Crippen molar-refractivity contribution >= 4 is 22.6 Å². The van der Waals surface area contributed by atoms with Crippen molar-refractivity contribution in [3.8, 4) is 5.75 Å². The number of aromatic nitrogens is 2. The van der Waals surface area contributed by atoms with Gasteiger partial charge in [0.2, 0.25) is 5.91 Å². The number of hydrogen-bond donors (Lipinski definition) is 2. The molecule has 1 saturated carbocycles. The van der Waals surface area contributed by atoms with Crippen LogP contribution >= 0.6 is 0 Å². The molecule has 42 heavy (non-hydrogen) atoms. The normalized spacial score (nSPS) is 23.1. The van der Waals surface area contributed by atoms with Gasteiger partial charge in [-0.1, -0.05) is 18.2 Å². The summed E-state index contributed by atoms with van der Waals surface area (Å²) in [6.07, 6.45) is -0.439. The molecule has 2 N–H and O–H groups in total. The van der Waals surface area contributed by atoms with Crippen molar-refractivity contribution in [3.05, 3.63) is 58.2 Å². The van der Waals surface area contributed by atoms with E-state index >= 15 is 0 Å². The molecule has 2 fully saturated rings. The summed E-state index contributed by atoms with van der Waals surface area (Å²) in [7, 11) is 0. The van der Waals surface area contributed by atoms with Gasteiger partial charge in [0.1, 0.15) is 23.2 Å². The number of anilines is 1. The first-order valence-corrected chi connectivity index (χ1v) is 14.6. The van der Waals surface area contributed by atoms with Crippen molar-refractivity contribution < 1.29 is 32.5 Å². The first-order valence-electron chi connectivity index (χ1n) is 14.6. The van der Waals surface area contributed by atoms with E-state index in [9.17, 15) is 23.1 Å². The molecule has 2 aliphatic heterocycles. The molecular formula is C31H35F3N4O4. The Morgan fingerprint density at radius 2 is 1.86 bits per heavy atom. The fraction of sp³-hybridized carbons (Fsp3) is 0.516. The van der Waals surface area contributed by atoms with Gasteiger partial charge in [-0.3, -0.25) is 4.79 Å². The number of nitrogens with zero attached hydrogens (tertiary/aromatic N) is 3. The second kappa shape index (κ2) is 11.3. The van der Waals surface area contributed by atoms with Crippen LogP contribution in [-0.2, 0) is 21.6 Å². The first kappa shape index (κ1) is 28.7. The molecule has 1 atom stereocenters. The van der Waals surface area contributed by atoms with Gasteiger partial charge in [0.15, 0.2) is 0 Å². The number of carbonyl (C=O) groups is 1. The molecule has 224 valence electrons. The summed E-state index contributed by atoms with van der Waals surface area (Å²) in [4.78, 5) is 24.3. The SMILES string of the molecule is Cc1nc(N[C@H](C)c2cccc(C(F)F)c2F)c2cc([C@]3(O)CC[C@H](C(=O)N4CCOCC4)CC3)c3c(c2n1)CCO3. The highest BCUT2D eigenvalue weighted by atomic mass is 19.3. The number of fused-ring (bicyclic) bond motifs is 3. The number of halogens is 3. The molecule has 2 aromatic carbocycles. The number of benzene rings is 2. The molecule has 8 nitrogen and oxygen atoms in total. The largest absolute Gasteiger partial charge is 0.492 e. The van der Waals surface area contributed by atoms with Crippen LogP contribution in [0.15, 0.2) is 24.3 Å². The molecule has 6 rings (SSSR count). The highest BCUT2D eigenvalue weighted by Crippen LogP contribution is 2.48. The highest BCUT2D eigenvalue weighted by Gasteiger charge is 2.42. The third-order valence-electron chi connectivity index (χ3n) is 8.85. The van der Waals surface area contributed by atoms with Gasteiger partial charge >= 0.3 is 0 Å². The molecule has 3 aromatic rings. The lowest BCUT2D eigenvalue weighted by molar-refractivity contribution is -0.142. The molecule has 0 radical (unpaired) electrons. The summed E-state index contributed by atoms with van der Waals surface area (Å²) in [5.74, 6) is 0.545. The van der Waals surface area contributed by atoms with E-state index in [1.165, 1.54) is 12.1 Å². The lowest BCUT2D eigenvalue weighted by Gasteiger charge is -2.39. The van der Waals surface area contributed by atoms with Crippen LogP contribution in [0.3, 0.4) is 0 Å². The topological polar surface area (TPSA) is 96.8 Å². The van der Waals surface area contributed by atoms with Gasteiger partial charge in [-0.15, -0.1) is 0 Å². The molecule has 3 aliphatic rings. The molecule has 3 heterocycles. The van der Waals surface area contributed by atoms with E-state index in [0.29, 0.717) is 98.9 Å². The second-order valence-electron chi connectivity index (χ2n) is 11.5. The van der Waals surface area contributed by atoms with Gasteiger partial charge in [-0.05, 0) is 45.6 Å².